The second-order valence-electron chi connectivity index (χ2n) is 6.75. The van der Waals surface area contributed by atoms with Gasteiger partial charge in [0.2, 0.25) is 5.91 Å². The highest BCUT2D eigenvalue weighted by Gasteiger charge is 2.32. The highest BCUT2D eigenvalue weighted by Crippen LogP contribution is 2.23. The van der Waals surface area contributed by atoms with Gasteiger partial charge in [0.05, 0.1) is 13.1 Å². The Hall–Kier alpha value is -2.81. The van der Waals surface area contributed by atoms with E-state index in [9.17, 15) is 14.4 Å². The standard InChI is InChI=1S/C17H23N3O6/c1-17(2,3)26-15(23)18-8-13-9-20(16(24)25-13)12-6-4-11(5-7-12)19-14(22)10-21/h4-7,13,21H,8-10H2,1-3H3,(H,18,23)(H,19,22)/t13-/m0/s1. The Kier molecular flexibility index (Phi) is 6.04. The van der Waals surface area contributed by atoms with Gasteiger partial charge < -0.3 is 25.2 Å². The summed E-state index contributed by atoms with van der Waals surface area (Å²) in [5.41, 5.74) is 0.496. The lowest BCUT2D eigenvalue weighted by Gasteiger charge is -2.20. The van der Waals surface area contributed by atoms with Gasteiger partial charge in [0.25, 0.3) is 0 Å². The van der Waals surface area contributed by atoms with Crippen molar-refractivity contribution in [1.82, 2.24) is 5.32 Å². The zero-order chi connectivity index (χ0) is 19.3. The maximum atomic E-state index is 12.0. The molecule has 3 N–H and O–H groups in total. The van der Waals surface area contributed by atoms with Crippen LogP contribution in [0.3, 0.4) is 0 Å². The first-order valence-corrected chi connectivity index (χ1v) is 8.14. The summed E-state index contributed by atoms with van der Waals surface area (Å²) in [4.78, 5) is 36.3. The van der Waals surface area contributed by atoms with Crippen LogP contribution in [0.25, 0.3) is 0 Å². The number of alkyl carbamates (subject to hydrolysis) is 1. The minimum atomic E-state index is -0.605. The molecule has 1 fully saturated rings. The molecule has 0 spiro atoms. The molecule has 142 valence electrons. The van der Waals surface area contributed by atoms with E-state index in [4.69, 9.17) is 14.6 Å². The van der Waals surface area contributed by atoms with E-state index < -0.39 is 36.4 Å². The van der Waals surface area contributed by atoms with E-state index in [0.29, 0.717) is 11.4 Å². The first-order chi connectivity index (χ1) is 12.2. The van der Waals surface area contributed by atoms with Gasteiger partial charge in [-0.15, -0.1) is 0 Å². The maximum Gasteiger partial charge on any atom is 0.414 e. The van der Waals surface area contributed by atoms with Gasteiger partial charge in [-0.1, -0.05) is 0 Å². The molecule has 0 aliphatic carbocycles. The number of cyclic esters (lactones) is 1. The lowest BCUT2D eigenvalue weighted by molar-refractivity contribution is -0.118. The molecule has 1 aromatic rings. The van der Waals surface area contributed by atoms with Crippen molar-refractivity contribution in [2.45, 2.75) is 32.5 Å². The van der Waals surface area contributed by atoms with Crippen molar-refractivity contribution in [2.75, 3.05) is 29.9 Å². The smallest absolute Gasteiger partial charge is 0.414 e. The summed E-state index contributed by atoms with van der Waals surface area (Å²) in [5, 5.41) is 13.8. The summed E-state index contributed by atoms with van der Waals surface area (Å²) >= 11 is 0. The molecule has 1 aromatic carbocycles. The van der Waals surface area contributed by atoms with Gasteiger partial charge in [-0.25, -0.2) is 9.59 Å². The van der Waals surface area contributed by atoms with Crippen LogP contribution in [0, 0.1) is 0 Å². The van der Waals surface area contributed by atoms with E-state index in [1.807, 2.05) is 0 Å². The molecule has 0 saturated carbocycles. The van der Waals surface area contributed by atoms with Gasteiger partial charge in [-0.2, -0.15) is 0 Å². The van der Waals surface area contributed by atoms with Crippen LogP contribution >= 0.6 is 0 Å². The molecule has 9 heteroatoms. The number of carbonyl (C=O) groups is 3. The fourth-order valence-corrected chi connectivity index (χ4v) is 2.28. The number of hydrogen-bond acceptors (Lipinski definition) is 6. The molecule has 2 rings (SSSR count). The molecule has 1 heterocycles. The van der Waals surface area contributed by atoms with Gasteiger partial charge in [-0.05, 0) is 45.0 Å². The van der Waals surface area contributed by atoms with E-state index in [-0.39, 0.29) is 13.1 Å². The molecule has 1 atom stereocenters. The molecule has 1 aliphatic rings. The van der Waals surface area contributed by atoms with Crippen LogP contribution in [0.5, 0.6) is 0 Å². The van der Waals surface area contributed by atoms with Crippen LogP contribution in [0.4, 0.5) is 21.0 Å². The van der Waals surface area contributed by atoms with E-state index in [0.717, 1.165) is 0 Å². The maximum absolute atomic E-state index is 12.0. The number of aliphatic hydroxyl groups is 1. The number of rotatable bonds is 5. The van der Waals surface area contributed by atoms with Crippen molar-refractivity contribution >= 4 is 29.5 Å². The molecular formula is C17H23N3O6. The Morgan fingerprint density at radius 3 is 2.54 bits per heavy atom. The fraction of sp³-hybridized carbons (Fsp3) is 0.471. The van der Waals surface area contributed by atoms with Crippen LogP contribution in [0.15, 0.2) is 24.3 Å². The minimum absolute atomic E-state index is 0.141. The fourth-order valence-electron chi connectivity index (χ4n) is 2.28. The Balaban J connectivity index is 1.89. The lowest BCUT2D eigenvalue weighted by atomic mass is 10.2. The van der Waals surface area contributed by atoms with Crippen molar-refractivity contribution < 1.29 is 29.0 Å². The zero-order valence-corrected chi connectivity index (χ0v) is 14.9. The summed E-state index contributed by atoms with van der Waals surface area (Å²) in [5.74, 6) is -0.522. The normalized spacial score (nSPS) is 16.8. The summed E-state index contributed by atoms with van der Waals surface area (Å²) < 4.78 is 10.4. The number of nitrogens with one attached hydrogen (secondary N) is 2. The zero-order valence-electron chi connectivity index (χ0n) is 14.9. The second kappa shape index (κ2) is 8.05. The molecular weight excluding hydrogens is 342 g/mol. The Morgan fingerprint density at radius 1 is 1.31 bits per heavy atom. The van der Waals surface area contributed by atoms with Gasteiger partial charge in [-0.3, -0.25) is 9.69 Å². The quantitative estimate of drug-likeness (QED) is 0.727. The highest BCUT2D eigenvalue weighted by atomic mass is 16.6. The largest absolute Gasteiger partial charge is 0.444 e. The van der Waals surface area contributed by atoms with E-state index >= 15 is 0 Å². The van der Waals surface area contributed by atoms with Gasteiger partial charge in [0.1, 0.15) is 18.3 Å². The number of ether oxygens (including phenoxy) is 2. The molecule has 3 amide bonds. The molecule has 26 heavy (non-hydrogen) atoms. The van der Waals surface area contributed by atoms with Crippen molar-refractivity contribution in [3.63, 3.8) is 0 Å². The molecule has 0 aromatic heterocycles. The van der Waals surface area contributed by atoms with Crippen LogP contribution in [0.2, 0.25) is 0 Å². The van der Waals surface area contributed by atoms with Crippen LogP contribution < -0.4 is 15.5 Å². The van der Waals surface area contributed by atoms with E-state index in [1.165, 1.54) is 4.90 Å². The van der Waals surface area contributed by atoms with Crippen molar-refractivity contribution in [1.29, 1.82) is 0 Å². The predicted octanol–water partition coefficient (Wildman–Crippen LogP) is 1.47. The third-order valence-electron chi connectivity index (χ3n) is 3.35. The third-order valence-corrected chi connectivity index (χ3v) is 3.35. The number of nitrogens with zero attached hydrogens (tertiary/aromatic N) is 1. The number of carbonyl (C=O) groups excluding carboxylic acids is 3. The number of benzene rings is 1. The summed E-state index contributed by atoms with van der Waals surface area (Å²) in [6.07, 6.45) is -1.59. The van der Waals surface area contributed by atoms with Crippen molar-refractivity contribution in [3.8, 4) is 0 Å². The summed E-state index contributed by atoms with van der Waals surface area (Å²) in [7, 11) is 0. The van der Waals surface area contributed by atoms with Crippen LogP contribution in [-0.2, 0) is 14.3 Å². The van der Waals surface area contributed by atoms with Crippen molar-refractivity contribution in [3.05, 3.63) is 24.3 Å². The minimum Gasteiger partial charge on any atom is -0.444 e. The first kappa shape index (κ1) is 19.5. The van der Waals surface area contributed by atoms with Crippen LogP contribution in [-0.4, -0.2) is 54.6 Å². The number of anilines is 2. The Bertz CT molecular complexity index is 668. The predicted molar refractivity (Wildman–Crippen MR) is 94.0 cm³/mol. The van der Waals surface area contributed by atoms with E-state index in [2.05, 4.69) is 10.6 Å². The van der Waals surface area contributed by atoms with Gasteiger partial charge >= 0.3 is 12.2 Å². The first-order valence-electron chi connectivity index (χ1n) is 8.14. The van der Waals surface area contributed by atoms with E-state index in [1.54, 1.807) is 45.0 Å². The molecule has 0 radical (unpaired) electrons. The SMILES string of the molecule is CC(C)(C)OC(=O)NC[C@H]1CN(c2ccc(NC(=O)CO)cc2)C(=O)O1. The number of hydrogen-bond donors (Lipinski definition) is 3. The third kappa shape index (κ3) is 5.62. The highest BCUT2D eigenvalue weighted by molar-refractivity contribution is 5.93. The number of aliphatic hydroxyl groups excluding tert-OH is 1. The van der Waals surface area contributed by atoms with Crippen LogP contribution in [0.1, 0.15) is 20.8 Å². The molecule has 9 nitrogen and oxygen atoms in total. The van der Waals surface area contributed by atoms with Gasteiger partial charge in [0, 0.05) is 11.4 Å². The number of amides is 3. The Morgan fingerprint density at radius 2 is 1.96 bits per heavy atom. The summed E-state index contributed by atoms with van der Waals surface area (Å²) in [6, 6.07) is 6.53. The molecule has 1 aliphatic heterocycles. The molecule has 0 unspecified atom stereocenters. The second-order valence-corrected chi connectivity index (χ2v) is 6.75. The topological polar surface area (TPSA) is 117 Å². The average molecular weight is 365 g/mol. The average Bonchev–Trinajstić information content (AvgIpc) is 2.93. The summed E-state index contributed by atoms with van der Waals surface area (Å²) in [6.45, 7) is 5.09. The van der Waals surface area contributed by atoms with Crippen molar-refractivity contribution in [2.24, 2.45) is 0 Å². The monoisotopic (exact) mass is 365 g/mol. The Labute approximate surface area is 151 Å². The molecule has 1 saturated heterocycles. The lowest BCUT2D eigenvalue weighted by Crippen LogP contribution is -2.38. The molecule has 0 bridgehead atoms. The van der Waals surface area contributed by atoms with Gasteiger partial charge in [0.15, 0.2) is 0 Å².